The maximum atomic E-state index is 12.9. The highest BCUT2D eigenvalue weighted by molar-refractivity contribution is 7.92. The predicted octanol–water partition coefficient (Wildman–Crippen LogP) is 6.32. The zero-order chi connectivity index (χ0) is 22.1. The van der Waals surface area contributed by atoms with E-state index in [9.17, 15) is 13.2 Å². The van der Waals surface area contributed by atoms with E-state index in [1.165, 1.54) is 36.4 Å². The van der Waals surface area contributed by atoms with Crippen LogP contribution in [0.15, 0.2) is 59.5 Å². The smallest absolute Gasteiger partial charge is 0.263 e. The lowest BCUT2D eigenvalue weighted by atomic mass is 10.1. The van der Waals surface area contributed by atoms with Crippen LogP contribution in [0.4, 0.5) is 11.4 Å². The van der Waals surface area contributed by atoms with Gasteiger partial charge in [-0.05, 0) is 73.5 Å². The van der Waals surface area contributed by atoms with Gasteiger partial charge in [0.05, 0.1) is 5.02 Å². The van der Waals surface area contributed by atoms with Gasteiger partial charge in [0.1, 0.15) is 4.90 Å². The van der Waals surface area contributed by atoms with Crippen molar-refractivity contribution in [3.63, 3.8) is 0 Å². The number of amides is 1. The van der Waals surface area contributed by atoms with Crippen LogP contribution in [0.1, 0.15) is 21.5 Å². The third-order valence-electron chi connectivity index (χ3n) is 4.36. The molecule has 0 unspecified atom stereocenters. The number of benzene rings is 3. The van der Waals surface area contributed by atoms with Crippen molar-refractivity contribution in [3.8, 4) is 0 Å². The molecule has 0 saturated carbocycles. The standard InChI is InChI=1S/C21H17Cl3N2O3S/c1-12-3-5-17(7-13(12)2)26-30(28,29)20-8-14(4-6-19(20)24)21(27)25-18-10-15(22)9-16(23)11-18/h3-11,26H,1-2H3,(H,25,27). The van der Waals surface area contributed by atoms with E-state index in [4.69, 9.17) is 34.8 Å². The quantitative estimate of drug-likeness (QED) is 0.446. The molecule has 2 N–H and O–H groups in total. The summed E-state index contributed by atoms with van der Waals surface area (Å²) in [7, 11) is -4.02. The van der Waals surface area contributed by atoms with Gasteiger partial charge in [0.2, 0.25) is 0 Å². The molecule has 0 aliphatic heterocycles. The largest absolute Gasteiger partial charge is 0.322 e. The maximum absolute atomic E-state index is 12.9. The molecule has 0 fully saturated rings. The molecule has 0 aliphatic rings. The third-order valence-corrected chi connectivity index (χ3v) is 6.66. The molecule has 5 nitrogen and oxygen atoms in total. The zero-order valence-electron chi connectivity index (χ0n) is 16.0. The molecule has 0 aromatic heterocycles. The number of aryl methyl sites for hydroxylation is 2. The second-order valence-corrected chi connectivity index (χ2v) is 9.59. The molecule has 0 saturated heterocycles. The van der Waals surface area contributed by atoms with E-state index in [-0.39, 0.29) is 15.5 Å². The van der Waals surface area contributed by atoms with Crippen molar-refractivity contribution in [1.82, 2.24) is 0 Å². The fraction of sp³-hybridized carbons (Fsp3) is 0.0952. The normalized spacial score (nSPS) is 11.2. The average molecular weight is 484 g/mol. The van der Waals surface area contributed by atoms with Crippen LogP contribution in [0.3, 0.4) is 0 Å². The number of anilines is 2. The Bertz CT molecular complexity index is 1220. The van der Waals surface area contributed by atoms with Crippen LogP contribution >= 0.6 is 34.8 Å². The SMILES string of the molecule is Cc1ccc(NS(=O)(=O)c2cc(C(=O)Nc3cc(Cl)cc(Cl)c3)ccc2Cl)cc1C. The van der Waals surface area contributed by atoms with Crippen molar-refractivity contribution >= 4 is 62.1 Å². The molecule has 0 bridgehead atoms. The number of nitrogens with one attached hydrogen (secondary N) is 2. The van der Waals surface area contributed by atoms with Crippen molar-refractivity contribution in [1.29, 1.82) is 0 Å². The Hall–Kier alpha value is -2.25. The van der Waals surface area contributed by atoms with Crippen molar-refractivity contribution in [2.45, 2.75) is 18.7 Å². The van der Waals surface area contributed by atoms with Crippen LogP contribution in [0.25, 0.3) is 0 Å². The fourth-order valence-corrected chi connectivity index (χ4v) is 4.80. The predicted molar refractivity (Wildman–Crippen MR) is 123 cm³/mol. The number of rotatable bonds is 5. The molecule has 156 valence electrons. The van der Waals surface area contributed by atoms with Gasteiger partial charge in [-0.15, -0.1) is 0 Å². The van der Waals surface area contributed by atoms with Gasteiger partial charge in [0.25, 0.3) is 15.9 Å². The molecule has 0 heterocycles. The Morgan fingerprint density at radius 2 is 1.47 bits per heavy atom. The molecule has 3 rings (SSSR count). The van der Waals surface area contributed by atoms with Gasteiger partial charge in [0, 0.05) is 27.0 Å². The summed E-state index contributed by atoms with van der Waals surface area (Å²) in [6.45, 7) is 3.81. The number of hydrogen-bond acceptors (Lipinski definition) is 3. The lowest BCUT2D eigenvalue weighted by molar-refractivity contribution is 0.102. The minimum atomic E-state index is -4.02. The van der Waals surface area contributed by atoms with Crippen LogP contribution in [0, 0.1) is 13.8 Å². The van der Waals surface area contributed by atoms with Crippen molar-refractivity contribution in [2.75, 3.05) is 10.0 Å². The molecule has 30 heavy (non-hydrogen) atoms. The molecule has 3 aromatic rings. The number of halogens is 3. The van der Waals surface area contributed by atoms with Crippen molar-refractivity contribution in [3.05, 3.63) is 86.4 Å². The zero-order valence-corrected chi connectivity index (χ0v) is 19.0. The fourth-order valence-electron chi connectivity index (χ4n) is 2.69. The summed E-state index contributed by atoms with van der Waals surface area (Å²) in [5.74, 6) is -0.535. The minimum Gasteiger partial charge on any atom is -0.322 e. The minimum absolute atomic E-state index is 0.00585. The molecular weight excluding hydrogens is 467 g/mol. The molecular formula is C21H17Cl3N2O3S. The molecule has 0 atom stereocenters. The lowest BCUT2D eigenvalue weighted by Gasteiger charge is -2.12. The van der Waals surface area contributed by atoms with Gasteiger partial charge in [-0.3, -0.25) is 9.52 Å². The van der Waals surface area contributed by atoms with Gasteiger partial charge < -0.3 is 5.32 Å². The van der Waals surface area contributed by atoms with E-state index in [0.29, 0.717) is 21.4 Å². The number of hydrogen-bond donors (Lipinski definition) is 2. The van der Waals surface area contributed by atoms with Gasteiger partial charge in [-0.2, -0.15) is 0 Å². The van der Waals surface area contributed by atoms with E-state index in [1.807, 2.05) is 19.9 Å². The average Bonchev–Trinajstić information content (AvgIpc) is 2.63. The second kappa shape index (κ2) is 8.86. The lowest BCUT2D eigenvalue weighted by Crippen LogP contribution is -2.16. The third kappa shape index (κ3) is 5.26. The van der Waals surface area contributed by atoms with E-state index in [2.05, 4.69) is 10.0 Å². The molecule has 3 aromatic carbocycles. The highest BCUT2D eigenvalue weighted by Crippen LogP contribution is 2.27. The first kappa shape index (κ1) is 22.4. The number of carbonyl (C=O) groups is 1. The highest BCUT2D eigenvalue weighted by Gasteiger charge is 2.21. The number of carbonyl (C=O) groups excluding carboxylic acids is 1. The number of sulfonamides is 1. The van der Waals surface area contributed by atoms with Gasteiger partial charge in [-0.25, -0.2) is 8.42 Å². The molecule has 0 radical (unpaired) electrons. The monoisotopic (exact) mass is 482 g/mol. The van der Waals surface area contributed by atoms with Crippen molar-refractivity contribution in [2.24, 2.45) is 0 Å². The summed E-state index contributed by atoms with van der Waals surface area (Å²) < 4.78 is 28.3. The van der Waals surface area contributed by atoms with Gasteiger partial charge in [-0.1, -0.05) is 40.9 Å². The topological polar surface area (TPSA) is 75.3 Å². The van der Waals surface area contributed by atoms with E-state index in [0.717, 1.165) is 11.1 Å². The van der Waals surface area contributed by atoms with Crippen LogP contribution in [0.2, 0.25) is 15.1 Å². The van der Waals surface area contributed by atoms with Gasteiger partial charge >= 0.3 is 0 Å². The Labute approximate surface area is 190 Å². The summed E-state index contributed by atoms with van der Waals surface area (Å²) in [6.07, 6.45) is 0. The van der Waals surface area contributed by atoms with Gasteiger partial charge in [0.15, 0.2) is 0 Å². The Morgan fingerprint density at radius 1 is 0.800 bits per heavy atom. The highest BCUT2D eigenvalue weighted by atomic mass is 35.5. The van der Waals surface area contributed by atoms with Crippen molar-refractivity contribution < 1.29 is 13.2 Å². The first-order valence-electron chi connectivity index (χ1n) is 8.72. The Balaban J connectivity index is 1.89. The maximum Gasteiger partial charge on any atom is 0.263 e. The molecule has 9 heteroatoms. The Morgan fingerprint density at radius 3 is 2.10 bits per heavy atom. The van der Waals surface area contributed by atoms with Crippen LogP contribution < -0.4 is 10.0 Å². The van der Waals surface area contributed by atoms with E-state index < -0.39 is 15.9 Å². The van der Waals surface area contributed by atoms with E-state index >= 15 is 0 Å². The van der Waals surface area contributed by atoms with Crippen LogP contribution in [-0.2, 0) is 10.0 Å². The first-order chi connectivity index (χ1) is 14.0. The Kier molecular flexibility index (Phi) is 6.62. The summed E-state index contributed by atoms with van der Waals surface area (Å²) in [5.41, 5.74) is 2.86. The van der Waals surface area contributed by atoms with E-state index in [1.54, 1.807) is 12.1 Å². The summed E-state index contributed by atoms with van der Waals surface area (Å²) in [5, 5.41) is 3.34. The van der Waals surface area contributed by atoms with Crippen LogP contribution in [-0.4, -0.2) is 14.3 Å². The first-order valence-corrected chi connectivity index (χ1v) is 11.3. The summed E-state index contributed by atoms with van der Waals surface area (Å²) in [4.78, 5) is 12.4. The molecule has 0 spiro atoms. The summed E-state index contributed by atoms with van der Waals surface area (Å²) in [6, 6.07) is 13.8. The second-order valence-electron chi connectivity index (χ2n) is 6.66. The van der Waals surface area contributed by atoms with Crippen LogP contribution in [0.5, 0.6) is 0 Å². The molecule has 1 amide bonds. The molecule has 0 aliphatic carbocycles. The summed E-state index contributed by atoms with van der Waals surface area (Å²) >= 11 is 18.0.